The van der Waals surface area contributed by atoms with E-state index in [1.165, 1.54) is 0 Å². The monoisotopic (exact) mass is 206 g/mol. The fourth-order valence-corrected chi connectivity index (χ4v) is 0.143. The Hall–Kier alpha value is 0.161. The third kappa shape index (κ3) is 11.6. The number of carboxylic acids is 2. The minimum atomic E-state index is -1.26. The van der Waals surface area contributed by atoms with Gasteiger partial charge >= 0.3 is 57.4 Å². The van der Waals surface area contributed by atoms with Crippen molar-refractivity contribution in [3.63, 3.8) is 0 Å². The van der Waals surface area contributed by atoms with Crippen LogP contribution in [-0.2, 0) is 9.59 Å². The van der Waals surface area contributed by atoms with Gasteiger partial charge in [-0.2, -0.15) is 0 Å². The summed E-state index contributed by atoms with van der Waals surface area (Å²) in [5, 5.41) is 15.6. The zero-order valence-electron chi connectivity index (χ0n) is 3.87. The molecule has 48 valence electrons. The summed E-state index contributed by atoms with van der Waals surface area (Å²) < 4.78 is 0. The van der Waals surface area contributed by atoms with Crippen LogP contribution < -0.4 is 0 Å². The number of hydrogen-bond donors (Lipinski definition) is 2. The Bertz CT molecular complexity index is 124. The van der Waals surface area contributed by atoms with Crippen molar-refractivity contribution in [1.82, 2.24) is 0 Å². The molecule has 0 atom stereocenters. The molecule has 0 radical (unpaired) electrons. The van der Waals surface area contributed by atoms with Crippen molar-refractivity contribution in [2.75, 3.05) is 0 Å². The minimum absolute atomic E-state index is 0. The van der Waals surface area contributed by atoms with Crippen molar-refractivity contribution in [2.45, 2.75) is 0 Å². The van der Waals surface area contributed by atoms with Gasteiger partial charge < -0.3 is 10.2 Å². The Labute approximate surface area is 88.4 Å². The predicted octanol–water partition coefficient (Wildman–Crippen LogP) is -1.20. The standard InChI is InChI=1S/C4H4O4.Sr.2H/c5-3(6)1-2-4(7)8;;;/h1-2H,(H,5,6)(H,7,8);;;/b2-1+;;;. The van der Waals surface area contributed by atoms with E-state index in [0.717, 1.165) is 0 Å². The Morgan fingerprint density at radius 3 is 1.33 bits per heavy atom. The molecule has 0 amide bonds. The first-order valence-corrected chi connectivity index (χ1v) is 1.77. The van der Waals surface area contributed by atoms with Gasteiger partial charge in [0.15, 0.2) is 0 Å². The van der Waals surface area contributed by atoms with Gasteiger partial charge in [-0.1, -0.05) is 0 Å². The molecule has 5 heteroatoms. The number of hydrogen-bond acceptors (Lipinski definition) is 2. The van der Waals surface area contributed by atoms with Crippen LogP contribution in [0.25, 0.3) is 0 Å². The molecule has 0 bridgehead atoms. The normalized spacial score (nSPS) is 8.44. The molecule has 4 nitrogen and oxygen atoms in total. The molecule has 0 aliphatic heterocycles. The van der Waals surface area contributed by atoms with Crippen LogP contribution in [0.4, 0.5) is 0 Å². The van der Waals surface area contributed by atoms with Crippen molar-refractivity contribution in [3.05, 3.63) is 12.2 Å². The van der Waals surface area contributed by atoms with Gasteiger partial charge in [-0.3, -0.25) is 0 Å². The Kier molecular flexibility index (Phi) is 8.31. The van der Waals surface area contributed by atoms with Gasteiger partial charge in [-0.05, 0) is 0 Å². The maximum absolute atomic E-state index is 9.55. The third-order valence-corrected chi connectivity index (χ3v) is 0.368. The summed E-state index contributed by atoms with van der Waals surface area (Å²) in [6.07, 6.45) is 1.12. The van der Waals surface area contributed by atoms with Crippen LogP contribution in [0.5, 0.6) is 0 Å². The zero-order chi connectivity index (χ0) is 6.57. The summed E-state index contributed by atoms with van der Waals surface area (Å²) in [5.41, 5.74) is 0. The number of aliphatic carboxylic acids is 2. The first-order chi connectivity index (χ1) is 3.63. The predicted molar refractivity (Wildman–Crippen MR) is 33.0 cm³/mol. The van der Waals surface area contributed by atoms with Crippen LogP contribution in [0.3, 0.4) is 0 Å². The molecule has 0 saturated heterocycles. The van der Waals surface area contributed by atoms with Crippen molar-refractivity contribution in [3.8, 4) is 0 Å². The second kappa shape index (κ2) is 6.28. The molecule has 0 rings (SSSR count). The van der Waals surface area contributed by atoms with Crippen LogP contribution in [0, 0.1) is 0 Å². The van der Waals surface area contributed by atoms with Crippen LogP contribution in [0.2, 0.25) is 0 Å². The van der Waals surface area contributed by atoms with Gasteiger partial charge in [-0.25, -0.2) is 9.59 Å². The summed E-state index contributed by atoms with van der Waals surface area (Å²) >= 11 is 0. The van der Waals surface area contributed by atoms with E-state index in [0.29, 0.717) is 12.2 Å². The van der Waals surface area contributed by atoms with Gasteiger partial charge in [0.1, 0.15) is 0 Å². The number of rotatable bonds is 2. The van der Waals surface area contributed by atoms with E-state index in [9.17, 15) is 9.59 Å². The van der Waals surface area contributed by atoms with Crippen LogP contribution in [-0.4, -0.2) is 67.6 Å². The molecular weight excluding hydrogens is 200 g/mol. The average molecular weight is 206 g/mol. The molecular formula is C4H6O4Sr. The van der Waals surface area contributed by atoms with E-state index in [1.807, 2.05) is 0 Å². The topological polar surface area (TPSA) is 74.6 Å². The molecule has 9 heavy (non-hydrogen) atoms. The molecule has 2 N–H and O–H groups in total. The first kappa shape index (κ1) is 11.9. The molecule has 0 unspecified atom stereocenters. The number of carbonyl (C=O) groups is 2. The molecule has 0 aliphatic carbocycles. The van der Waals surface area contributed by atoms with Crippen LogP contribution in [0.1, 0.15) is 0 Å². The molecule has 0 aromatic heterocycles. The van der Waals surface area contributed by atoms with Crippen molar-refractivity contribution in [1.29, 1.82) is 0 Å². The van der Waals surface area contributed by atoms with Gasteiger partial charge in [0.25, 0.3) is 0 Å². The second-order valence-electron chi connectivity index (χ2n) is 1.01. The van der Waals surface area contributed by atoms with E-state index >= 15 is 0 Å². The fourth-order valence-electron chi connectivity index (χ4n) is 0.143. The Balaban J connectivity index is 0. The zero-order valence-corrected chi connectivity index (χ0v) is 3.87. The van der Waals surface area contributed by atoms with Crippen molar-refractivity contribution in [2.24, 2.45) is 0 Å². The molecule has 0 aromatic carbocycles. The average Bonchev–Trinajstić information content (AvgIpc) is 1.61. The van der Waals surface area contributed by atoms with Gasteiger partial charge in [0.05, 0.1) is 0 Å². The molecule has 0 saturated carbocycles. The second-order valence-corrected chi connectivity index (χ2v) is 1.01. The van der Waals surface area contributed by atoms with Gasteiger partial charge in [0.2, 0.25) is 0 Å². The van der Waals surface area contributed by atoms with E-state index < -0.39 is 11.9 Å². The van der Waals surface area contributed by atoms with Gasteiger partial charge in [0, 0.05) is 12.2 Å². The quantitative estimate of drug-likeness (QED) is 0.439. The van der Waals surface area contributed by atoms with Crippen LogP contribution in [0.15, 0.2) is 12.2 Å². The third-order valence-electron chi connectivity index (χ3n) is 0.368. The van der Waals surface area contributed by atoms with Gasteiger partial charge in [-0.15, -0.1) is 0 Å². The van der Waals surface area contributed by atoms with E-state index in [2.05, 4.69) is 0 Å². The summed E-state index contributed by atoms with van der Waals surface area (Å²) in [5.74, 6) is -2.51. The summed E-state index contributed by atoms with van der Waals surface area (Å²) in [7, 11) is 0. The SMILES string of the molecule is O=C(O)/C=C/C(=O)O.[SrH2]. The van der Waals surface area contributed by atoms with Crippen molar-refractivity contribution < 1.29 is 19.8 Å². The molecule has 0 fully saturated rings. The van der Waals surface area contributed by atoms with E-state index in [4.69, 9.17) is 10.2 Å². The number of carboxylic acid groups (broad SMARTS) is 2. The van der Waals surface area contributed by atoms with E-state index in [1.54, 1.807) is 0 Å². The Morgan fingerprint density at radius 1 is 1.00 bits per heavy atom. The Morgan fingerprint density at radius 2 is 1.22 bits per heavy atom. The molecule has 0 aromatic rings. The first-order valence-electron chi connectivity index (χ1n) is 1.77. The molecule has 0 aliphatic rings. The summed E-state index contributed by atoms with van der Waals surface area (Å²) in [6, 6.07) is 0. The van der Waals surface area contributed by atoms with Crippen LogP contribution >= 0.6 is 0 Å². The fraction of sp³-hybridized carbons (Fsp3) is 0. The summed E-state index contributed by atoms with van der Waals surface area (Å²) in [6.45, 7) is 0. The molecule has 0 spiro atoms. The van der Waals surface area contributed by atoms with Crippen molar-refractivity contribution >= 4 is 57.4 Å². The van der Waals surface area contributed by atoms with E-state index in [-0.39, 0.29) is 45.5 Å². The molecule has 0 heterocycles. The summed E-state index contributed by atoms with van der Waals surface area (Å²) in [4.78, 5) is 19.1. The maximum atomic E-state index is 9.55.